The van der Waals surface area contributed by atoms with E-state index < -0.39 is 0 Å². The van der Waals surface area contributed by atoms with Crippen molar-refractivity contribution in [2.24, 2.45) is 0 Å². The summed E-state index contributed by atoms with van der Waals surface area (Å²) in [6.07, 6.45) is 0.747. The van der Waals surface area contributed by atoms with Gasteiger partial charge in [0.05, 0.1) is 8.66 Å². The number of hydrogen-bond acceptors (Lipinski definition) is 5. The Balaban J connectivity index is 1.94. The van der Waals surface area contributed by atoms with Crippen LogP contribution in [0.4, 0.5) is 0 Å². The Hall–Kier alpha value is -0.720. The first-order valence-electron chi connectivity index (χ1n) is 5.77. The smallest absolute Gasteiger partial charge is 0.257 e. The van der Waals surface area contributed by atoms with Crippen LogP contribution in [0.25, 0.3) is 10.8 Å². The maximum atomic E-state index is 5.63. The number of aromatic nitrogens is 2. The fourth-order valence-electron chi connectivity index (χ4n) is 1.43. The van der Waals surface area contributed by atoms with Gasteiger partial charge < -0.3 is 9.73 Å². The molecule has 0 aromatic carbocycles. The lowest BCUT2D eigenvalue weighted by molar-refractivity contribution is 0.412. The number of hydrogen-bond donors (Lipinski definition) is 1. The molecule has 18 heavy (non-hydrogen) atoms. The molecule has 0 bridgehead atoms. The predicted molar refractivity (Wildman–Crippen MR) is 76.8 cm³/mol. The number of halogens is 1. The fourth-order valence-corrected chi connectivity index (χ4v) is 2.74. The van der Waals surface area contributed by atoms with Gasteiger partial charge >= 0.3 is 0 Å². The highest BCUT2D eigenvalue weighted by molar-refractivity contribution is 9.11. The van der Waals surface area contributed by atoms with Crippen LogP contribution < -0.4 is 5.32 Å². The number of nitrogens with zero attached hydrogens (tertiary/aromatic N) is 2. The van der Waals surface area contributed by atoms with Gasteiger partial charge in [0.1, 0.15) is 0 Å². The normalized spacial score (nSPS) is 12.0. The minimum Gasteiger partial charge on any atom is -0.420 e. The highest BCUT2D eigenvalue weighted by Gasteiger charge is 2.12. The molecule has 0 fully saturated rings. The van der Waals surface area contributed by atoms with Gasteiger partial charge in [-0.1, -0.05) is 0 Å². The van der Waals surface area contributed by atoms with Crippen molar-refractivity contribution in [1.82, 2.24) is 15.5 Å². The number of nitrogens with one attached hydrogen (secondary N) is 1. The summed E-state index contributed by atoms with van der Waals surface area (Å²) in [5.41, 5.74) is 0.113. The summed E-state index contributed by atoms with van der Waals surface area (Å²) in [6, 6.07) is 3.95. The maximum absolute atomic E-state index is 5.63. The fraction of sp³-hybridized carbons (Fsp3) is 0.500. The molecule has 4 nitrogen and oxygen atoms in total. The van der Waals surface area contributed by atoms with Gasteiger partial charge in [-0.2, -0.15) is 0 Å². The van der Waals surface area contributed by atoms with Crippen LogP contribution in [-0.4, -0.2) is 22.3 Å². The molecule has 0 aliphatic heterocycles. The van der Waals surface area contributed by atoms with Crippen LogP contribution in [0.2, 0.25) is 0 Å². The van der Waals surface area contributed by atoms with Crippen molar-refractivity contribution in [3.05, 3.63) is 21.8 Å². The molecule has 0 spiro atoms. The van der Waals surface area contributed by atoms with Gasteiger partial charge in [-0.15, -0.1) is 21.5 Å². The van der Waals surface area contributed by atoms with Gasteiger partial charge in [-0.05, 0) is 48.8 Å². The summed E-state index contributed by atoms with van der Waals surface area (Å²) in [5, 5.41) is 11.5. The Morgan fingerprint density at radius 1 is 1.33 bits per heavy atom. The molecule has 2 heterocycles. The molecule has 0 aliphatic rings. The molecule has 2 rings (SSSR count). The Labute approximate surface area is 119 Å². The first-order valence-corrected chi connectivity index (χ1v) is 7.38. The van der Waals surface area contributed by atoms with Gasteiger partial charge in [-0.3, -0.25) is 0 Å². The van der Waals surface area contributed by atoms with Crippen LogP contribution in [0.5, 0.6) is 0 Å². The van der Waals surface area contributed by atoms with Crippen molar-refractivity contribution >= 4 is 27.3 Å². The number of rotatable bonds is 4. The summed E-state index contributed by atoms with van der Waals surface area (Å²) < 4.78 is 6.69. The molecular formula is C12H16BrN3OS. The molecule has 0 unspecified atom stereocenters. The third-order valence-electron chi connectivity index (χ3n) is 2.25. The quantitative estimate of drug-likeness (QED) is 0.932. The average molecular weight is 330 g/mol. The van der Waals surface area contributed by atoms with E-state index in [0.717, 1.165) is 21.6 Å². The molecule has 2 aromatic rings. The molecule has 1 N–H and O–H groups in total. The first kappa shape index (κ1) is 13.7. The largest absolute Gasteiger partial charge is 0.420 e. The second-order valence-electron chi connectivity index (χ2n) is 5.03. The van der Waals surface area contributed by atoms with Crippen LogP contribution in [0.3, 0.4) is 0 Å². The van der Waals surface area contributed by atoms with Crippen LogP contribution >= 0.6 is 27.3 Å². The van der Waals surface area contributed by atoms with Gasteiger partial charge in [0.2, 0.25) is 5.89 Å². The molecule has 0 saturated carbocycles. The van der Waals surface area contributed by atoms with E-state index in [0.29, 0.717) is 11.8 Å². The second-order valence-corrected chi connectivity index (χ2v) is 7.49. The zero-order chi connectivity index (χ0) is 13.2. The summed E-state index contributed by atoms with van der Waals surface area (Å²) in [7, 11) is 0. The van der Waals surface area contributed by atoms with Crippen molar-refractivity contribution < 1.29 is 4.42 Å². The van der Waals surface area contributed by atoms with Crippen LogP contribution in [0.15, 0.2) is 20.3 Å². The Morgan fingerprint density at radius 3 is 2.72 bits per heavy atom. The van der Waals surface area contributed by atoms with Crippen LogP contribution in [0, 0.1) is 0 Å². The lowest BCUT2D eigenvalue weighted by atomic mass is 10.1. The molecular weight excluding hydrogens is 314 g/mol. The van der Waals surface area contributed by atoms with E-state index in [4.69, 9.17) is 4.42 Å². The SMILES string of the molecule is CC(C)(C)NCCc1nnc(-c2ccc(Br)s2)o1. The van der Waals surface area contributed by atoms with Crippen molar-refractivity contribution in [2.75, 3.05) is 6.54 Å². The van der Waals surface area contributed by atoms with Crippen molar-refractivity contribution in [1.29, 1.82) is 0 Å². The Morgan fingerprint density at radius 2 is 2.11 bits per heavy atom. The van der Waals surface area contributed by atoms with E-state index in [-0.39, 0.29) is 5.54 Å². The zero-order valence-corrected chi connectivity index (χ0v) is 13.1. The highest BCUT2D eigenvalue weighted by atomic mass is 79.9. The predicted octanol–water partition coefficient (Wildman–Crippen LogP) is 3.49. The average Bonchev–Trinajstić information content (AvgIpc) is 2.85. The second kappa shape index (κ2) is 5.50. The maximum Gasteiger partial charge on any atom is 0.257 e. The van der Waals surface area contributed by atoms with Gasteiger partial charge in [-0.25, -0.2) is 0 Å². The summed E-state index contributed by atoms with van der Waals surface area (Å²) in [4.78, 5) is 0.990. The highest BCUT2D eigenvalue weighted by Crippen LogP contribution is 2.30. The van der Waals surface area contributed by atoms with Crippen LogP contribution in [0.1, 0.15) is 26.7 Å². The van der Waals surface area contributed by atoms with Crippen LogP contribution in [-0.2, 0) is 6.42 Å². The molecule has 0 atom stereocenters. The topological polar surface area (TPSA) is 51.0 Å². The molecule has 6 heteroatoms. The first-order chi connectivity index (χ1) is 8.44. The summed E-state index contributed by atoms with van der Waals surface area (Å²) in [5.74, 6) is 1.27. The molecule has 2 aromatic heterocycles. The summed E-state index contributed by atoms with van der Waals surface area (Å²) in [6.45, 7) is 7.24. The lowest BCUT2D eigenvalue weighted by Crippen LogP contribution is -2.37. The summed E-state index contributed by atoms with van der Waals surface area (Å²) >= 11 is 5.01. The molecule has 0 aliphatic carbocycles. The van der Waals surface area contributed by atoms with E-state index in [2.05, 4.69) is 52.2 Å². The lowest BCUT2D eigenvalue weighted by Gasteiger charge is -2.19. The standard InChI is InChI=1S/C12H16BrN3OS/c1-12(2,3)14-7-6-10-15-16-11(17-10)8-4-5-9(13)18-8/h4-5,14H,6-7H2,1-3H3. The monoisotopic (exact) mass is 329 g/mol. The third kappa shape index (κ3) is 3.90. The van der Waals surface area contributed by atoms with Gasteiger partial charge in [0.25, 0.3) is 5.89 Å². The Kier molecular flexibility index (Phi) is 4.19. The number of thiophene rings is 1. The third-order valence-corrected chi connectivity index (χ3v) is 3.86. The van der Waals surface area contributed by atoms with Gasteiger partial charge in [0.15, 0.2) is 0 Å². The van der Waals surface area contributed by atoms with Crippen molar-refractivity contribution in [3.63, 3.8) is 0 Å². The van der Waals surface area contributed by atoms with Crippen molar-refractivity contribution in [3.8, 4) is 10.8 Å². The molecule has 0 saturated heterocycles. The van der Waals surface area contributed by atoms with Gasteiger partial charge in [0, 0.05) is 18.5 Å². The Bertz CT molecular complexity index is 515. The minimum atomic E-state index is 0.113. The van der Waals surface area contributed by atoms with E-state index in [9.17, 15) is 0 Å². The van der Waals surface area contributed by atoms with E-state index in [1.807, 2.05) is 12.1 Å². The zero-order valence-electron chi connectivity index (χ0n) is 10.7. The van der Waals surface area contributed by atoms with E-state index in [1.54, 1.807) is 11.3 Å². The van der Waals surface area contributed by atoms with E-state index >= 15 is 0 Å². The van der Waals surface area contributed by atoms with E-state index in [1.165, 1.54) is 0 Å². The molecule has 0 radical (unpaired) electrons. The van der Waals surface area contributed by atoms with Crippen molar-refractivity contribution in [2.45, 2.75) is 32.7 Å². The molecule has 98 valence electrons. The molecule has 0 amide bonds. The minimum absolute atomic E-state index is 0.113.